The fourth-order valence-electron chi connectivity index (χ4n) is 7.20. The lowest BCUT2D eigenvalue weighted by Crippen LogP contribution is -1.94. The average Bonchev–Trinajstić information content (AvgIpc) is 3.45. The molecule has 46 heavy (non-hydrogen) atoms. The summed E-state index contributed by atoms with van der Waals surface area (Å²) in [5, 5.41) is 8.69. The number of hydrogen-bond acceptors (Lipinski definition) is 1. The van der Waals surface area contributed by atoms with Crippen LogP contribution in [0.15, 0.2) is 158 Å². The van der Waals surface area contributed by atoms with Gasteiger partial charge in [0.2, 0.25) is 0 Å². The van der Waals surface area contributed by atoms with Crippen molar-refractivity contribution < 1.29 is 0 Å². The Kier molecular flexibility index (Phi) is 6.07. The van der Waals surface area contributed by atoms with Crippen molar-refractivity contribution in [2.45, 2.75) is 6.92 Å². The van der Waals surface area contributed by atoms with Gasteiger partial charge < -0.3 is 4.57 Å². The zero-order valence-corrected chi connectivity index (χ0v) is 25.5. The summed E-state index contributed by atoms with van der Waals surface area (Å²) in [7, 11) is 0. The second-order valence-electron chi connectivity index (χ2n) is 12.0. The van der Waals surface area contributed by atoms with Crippen LogP contribution in [0.25, 0.3) is 88.3 Å². The zero-order chi connectivity index (χ0) is 30.6. The van der Waals surface area contributed by atoms with Crippen LogP contribution in [0.2, 0.25) is 0 Å². The van der Waals surface area contributed by atoms with Crippen LogP contribution in [-0.2, 0) is 0 Å². The van der Waals surface area contributed by atoms with E-state index in [2.05, 4.69) is 163 Å². The number of para-hydroxylation sites is 3. The molecule has 9 aromatic rings. The van der Waals surface area contributed by atoms with Gasteiger partial charge in [-0.2, -0.15) is 0 Å². The number of aromatic nitrogens is 2. The maximum absolute atomic E-state index is 4.83. The minimum absolute atomic E-state index is 1.01. The van der Waals surface area contributed by atoms with Crippen molar-refractivity contribution in [1.29, 1.82) is 0 Å². The van der Waals surface area contributed by atoms with Gasteiger partial charge in [-0.1, -0.05) is 109 Å². The third-order valence-corrected chi connectivity index (χ3v) is 9.29. The van der Waals surface area contributed by atoms with E-state index in [1.54, 1.807) is 0 Å². The van der Waals surface area contributed by atoms with Crippen molar-refractivity contribution in [3.8, 4) is 27.9 Å². The summed E-state index contributed by atoms with van der Waals surface area (Å²) < 4.78 is 2.38. The first-order chi connectivity index (χ1) is 22.8. The van der Waals surface area contributed by atoms with Crippen molar-refractivity contribution >= 4 is 60.3 Å². The Morgan fingerprint density at radius 1 is 0.522 bits per heavy atom. The highest BCUT2D eigenvalue weighted by Crippen LogP contribution is 2.40. The van der Waals surface area contributed by atoms with E-state index in [1.165, 1.54) is 60.0 Å². The van der Waals surface area contributed by atoms with Crippen molar-refractivity contribution in [3.63, 3.8) is 0 Å². The molecule has 0 radical (unpaired) electrons. The molecule has 2 heterocycles. The summed E-state index contributed by atoms with van der Waals surface area (Å²) in [4.78, 5) is 4.83. The Labute approximate surface area is 267 Å². The highest BCUT2D eigenvalue weighted by atomic mass is 15.0. The molecule has 2 nitrogen and oxygen atoms in total. The topological polar surface area (TPSA) is 17.8 Å². The molecule has 0 spiro atoms. The summed E-state index contributed by atoms with van der Waals surface area (Å²) >= 11 is 0. The molecule has 0 fully saturated rings. The molecule has 7 aromatic carbocycles. The Morgan fingerprint density at radius 3 is 2.02 bits per heavy atom. The number of nitrogens with zero attached hydrogens (tertiary/aromatic N) is 2. The average molecular weight is 587 g/mol. The maximum Gasteiger partial charge on any atom is 0.0702 e. The predicted molar refractivity (Wildman–Crippen MR) is 197 cm³/mol. The summed E-state index contributed by atoms with van der Waals surface area (Å²) in [5.74, 6) is 0. The molecule has 0 aliphatic rings. The normalized spacial score (nSPS) is 11.9. The van der Waals surface area contributed by atoms with E-state index in [1.807, 2.05) is 12.3 Å². The van der Waals surface area contributed by atoms with E-state index in [0.717, 1.165) is 27.7 Å². The number of benzene rings is 7. The van der Waals surface area contributed by atoms with Crippen LogP contribution in [0, 0.1) is 0 Å². The predicted octanol–water partition coefficient (Wildman–Crippen LogP) is 12.0. The SMILES string of the molecule is C/C=C\c1cccc2ccc3c(-c4ccc(-n5c6ccccc6c6ccccc65)cc4)cc(-c4cnc5ccccc5c4)cc3c12. The summed E-state index contributed by atoms with van der Waals surface area (Å²) in [6, 6.07) is 52.8. The van der Waals surface area contributed by atoms with Gasteiger partial charge >= 0.3 is 0 Å². The molecule has 0 saturated heterocycles. The minimum Gasteiger partial charge on any atom is -0.309 e. The number of pyridine rings is 1. The van der Waals surface area contributed by atoms with Crippen molar-refractivity contribution in [1.82, 2.24) is 9.55 Å². The van der Waals surface area contributed by atoms with Crippen LogP contribution in [0.1, 0.15) is 12.5 Å². The van der Waals surface area contributed by atoms with Gasteiger partial charge in [-0.05, 0) is 99.3 Å². The molecular weight excluding hydrogens is 556 g/mol. The molecule has 0 amide bonds. The summed E-state index contributed by atoms with van der Waals surface area (Å²) in [5.41, 5.74) is 10.5. The largest absolute Gasteiger partial charge is 0.309 e. The van der Waals surface area contributed by atoms with E-state index in [4.69, 9.17) is 4.98 Å². The van der Waals surface area contributed by atoms with E-state index in [0.29, 0.717) is 0 Å². The lowest BCUT2D eigenvalue weighted by Gasteiger charge is -2.16. The van der Waals surface area contributed by atoms with E-state index in [9.17, 15) is 0 Å². The van der Waals surface area contributed by atoms with E-state index < -0.39 is 0 Å². The second kappa shape index (κ2) is 10.6. The van der Waals surface area contributed by atoms with Crippen LogP contribution >= 0.6 is 0 Å². The Balaban J connectivity index is 1.29. The standard InChI is InChI=1S/C44H30N2/c1-2-10-30-12-9-13-31-21-24-36-39(26-33(27-40(36)44(30)31)34-25-32-11-3-6-16-41(32)45-28-34)29-19-22-35(23-20-29)46-42-17-7-4-14-37(42)38-15-5-8-18-43(38)46/h2-28H,1H3/b10-2-. The van der Waals surface area contributed by atoms with Gasteiger partial charge in [-0.25, -0.2) is 0 Å². The molecule has 0 atom stereocenters. The monoisotopic (exact) mass is 586 g/mol. The lowest BCUT2D eigenvalue weighted by molar-refractivity contribution is 1.18. The van der Waals surface area contributed by atoms with Crippen LogP contribution in [0.5, 0.6) is 0 Å². The zero-order valence-electron chi connectivity index (χ0n) is 25.5. The van der Waals surface area contributed by atoms with Crippen LogP contribution < -0.4 is 0 Å². The van der Waals surface area contributed by atoms with Gasteiger partial charge in [0.05, 0.1) is 16.6 Å². The quantitative estimate of drug-likeness (QED) is 0.188. The molecule has 216 valence electrons. The maximum atomic E-state index is 4.83. The van der Waals surface area contributed by atoms with Gasteiger partial charge in [0.25, 0.3) is 0 Å². The van der Waals surface area contributed by atoms with Crippen molar-refractivity contribution in [2.24, 2.45) is 0 Å². The number of allylic oxidation sites excluding steroid dienone is 1. The lowest BCUT2D eigenvalue weighted by atomic mass is 9.89. The highest BCUT2D eigenvalue weighted by molar-refractivity contribution is 6.16. The van der Waals surface area contributed by atoms with E-state index in [-0.39, 0.29) is 0 Å². The number of rotatable bonds is 4. The molecule has 0 N–H and O–H groups in total. The van der Waals surface area contributed by atoms with Gasteiger partial charge in [0.1, 0.15) is 0 Å². The summed E-state index contributed by atoms with van der Waals surface area (Å²) in [6.07, 6.45) is 6.35. The number of fused-ring (bicyclic) bond motifs is 7. The number of hydrogen-bond donors (Lipinski definition) is 0. The van der Waals surface area contributed by atoms with Gasteiger partial charge in [0.15, 0.2) is 0 Å². The fourth-order valence-corrected chi connectivity index (χ4v) is 7.20. The first kappa shape index (κ1) is 26.4. The Bertz CT molecular complexity index is 2580. The highest BCUT2D eigenvalue weighted by Gasteiger charge is 2.15. The molecule has 0 unspecified atom stereocenters. The molecule has 9 rings (SSSR count). The first-order valence-electron chi connectivity index (χ1n) is 15.8. The molecule has 2 aromatic heterocycles. The van der Waals surface area contributed by atoms with Crippen molar-refractivity contribution in [3.05, 3.63) is 163 Å². The van der Waals surface area contributed by atoms with E-state index >= 15 is 0 Å². The third-order valence-electron chi connectivity index (χ3n) is 9.29. The Morgan fingerprint density at radius 2 is 1.24 bits per heavy atom. The van der Waals surface area contributed by atoms with Crippen molar-refractivity contribution in [2.75, 3.05) is 0 Å². The fraction of sp³-hybridized carbons (Fsp3) is 0.0227. The second-order valence-corrected chi connectivity index (χ2v) is 12.0. The molecule has 0 saturated carbocycles. The molecule has 2 heteroatoms. The van der Waals surface area contributed by atoms with Crippen LogP contribution in [-0.4, -0.2) is 9.55 Å². The third kappa shape index (κ3) is 4.15. The molecule has 0 bridgehead atoms. The smallest absolute Gasteiger partial charge is 0.0702 e. The van der Waals surface area contributed by atoms with Crippen LogP contribution in [0.3, 0.4) is 0 Å². The van der Waals surface area contributed by atoms with Gasteiger partial charge in [-0.15, -0.1) is 0 Å². The van der Waals surface area contributed by atoms with Crippen LogP contribution in [0.4, 0.5) is 0 Å². The molecular formula is C44H30N2. The summed E-state index contributed by atoms with van der Waals surface area (Å²) in [6.45, 7) is 2.08. The minimum atomic E-state index is 1.01. The molecule has 0 aliphatic heterocycles. The van der Waals surface area contributed by atoms with Gasteiger partial charge in [0, 0.05) is 33.6 Å². The first-order valence-corrected chi connectivity index (χ1v) is 15.8. The molecule has 0 aliphatic carbocycles. The van der Waals surface area contributed by atoms with Gasteiger partial charge in [-0.3, -0.25) is 4.98 Å². The Hall–Kier alpha value is -5.99.